The Bertz CT molecular complexity index is 1160. The van der Waals surface area contributed by atoms with Gasteiger partial charge in [-0.3, -0.25) is 9.59 Å². The van der Waals surface area contributed by atoms with E-state index in [1.807, 2.05) is 49.4 Å². The maximum atomic E-state index is 12.4. The van der Waals surface area contributed by atoms with E-state index in [0.29, 0.717) is 18.0 Å². The van der Waals surface area contributed by atoms with Crippen LogP contribution < -0.4 is 31.0 Å². The minimum atomic E-state index is -0.827. The predicted octanol–water partition coefficient (Wildman–Crippen LogP) is 2.98. The third-order valence-corrected chi connectivity index (χ3v) is 5.38. The van der Waals surface area contributed by atoms with E-state index in [-0.39, 0.29) is 17.8 Å². The number of nitrogens with one attached hydrogen (secondary N) is 2. The van der Waals surface area contributed by atoms with Crippen LogP contribution in [-0.2, 0) is 16.0 Å². The monoisotopic (exact) mass is 452 g/mol. The van der Waals surface area contributed by atoms with Gasteiger partial charge < -0.3 is 24.8 Å². The van der Waals surface area contributed by atoms with E-state index in [1.54, 1.807) is 14.2 Å². The summed E-state index contributed by atoms with van der Waals surface area (Å²) >= 11 is 0. The van der Waals surface area contributed by atoms with Gasteiger partial charge in [0.2, 0.25) is 0 Å². The molecule has 0 heterocycles. The number of carbonyl (C=O) groups excluding carboxylic acids is 1. The Balaban J connectivity index is 1.84. The molecule has 0 aliphatic rings. The highest BCUT2D eigenvalue weighted by atomic mass is 16.5. The van der Waals surface area contributed by atoms with Crippen LogP contribution in [0, 0.1) is 0 Å². The normalized spacial score (nSPS) is 11.6. The fourth-order valence-electron chi connectivity index (χ4n) is 3.64. The van der Waals surface area contributed by atoms with Gasteiger partial charge in [-0.1, -0.05) is 37.3 Å². The molecule has 0 saturated heterocycles. The molecule has 0 amide bonds. The van der Waals surface area contributed by atoms with Gasteiger partial charge in [0.1, 0.15) is 28.9 Å². The molecule has 0 saturated carbocycles. The predicted molar refractivity (Wildman–Crippen MR) is 128 cm³/mol. The molecular formula is C25H28N2O6. The summed E-state index contributed by atoms with van der Waals surface area (Å²) in [7, 11) is 4.49. The lowest BCUT2D eigenvalue weighted by atomic mass is 9.99. The van der Waals surface area contributed by atoms with E-state index >= 15 is 0 Å². The molecule has 2 N–H and O–H groups in total. The topological polar surface area (TPSA) is 103 Å². The van der Waals surface area contributed by atoms with Gasteiger partial charge in [-0.2, -0.15) is 0 Å². The van der Waals surface area contributed by atoms with Gasteiger partial charge in [0.05, 0.1) is 26.9 Å². The average molecular weight is 453 g/mol. The van der Waals surface area contributed by atoms with E-state index in [0.717, 1.165) is 23.1 Å². The molecular weight excluding hydrogens is 424 g/mol. The molecule has 0 aliphatic carbocycles. The third kappa shape index (κ3) is 5.00. The molecule has 0 fully saturated rings. The lowest BCUT2D eigenvalue weighted by Crippen LogP contribution is -2.42. The van der Waals surface area contributed by atoms with Crippen molar-refractivity contribution in [2.45, 2.75) is 25.8 Å². The van der Waals surface area contributed by atoms with Crippen molar-refractivity contribution >= 4 is 17.3 Å². The second kappa shape index (κ2) is 10.7. The molecule has 1 atom stereocenters. The van der Waals surface area contributed by atoms with E-state index in [2.05, 4.69) is 10.6 Å². The largest absolute Gasteiger partial charge is 0.496 e. The van der Waals surface area contributed by atoms with Gasteiger partial charge in [-0.25, -0.2) is 4.79 Å². The Labute approximate surface area is 192 Å². The highest BCUT2D eigenvalue weighted by Gasteiger charge is 2.27. The number of anilines is 2. The van der Waals surface area contributed by atoms with Crippen LogP contribution in [-0.4, -0.2) is 39.9 Å². The van der Waals surface area contributed by atoms with E-state index in [4.69, 9.17) is 14.2 Å². The van der Waals surface area contributed by atoms with Crippen LogP contribution in [0.1, 0.15) is 18.9 Å². The molecule has 33 heavy (non-hydrogen) atoms. The summed E-state index contributed by atoms with van der Waals surface area (Å²) in [6.45, 7) is 2.50. The zero-order valence-corrected chi connectivity index (χ0v) is 19.2. The molecule has 0 radical (unpaired) electrons. The van der Waals surface area contributed by atoms with Crippen LogP contribution >= 0.6 is 0 Å². The smallest absolute Gasteiger partial charge is 0.328 e. The molecule has 3 aromatic carbocycles. The fourth-order valence-corrected chi connectivity index (χ4v) is 3.64. The Morgan fingerprint density at radius 1 is 0.909 bits per heavy atom. The quantitative estimate of drug-likeness (QED) is 0.338. The summed E-state index contributed by atoms with van der Waals surface area (Å²) in [5.74, 6) is 0.840. The van der Waals surface area contributed by atoms with Gasteiger partial charge in [0.25, 0.3) is 10.9 Å². The van der Waals surface area contributed by atoms with Crippen LogP contribution in [0.4, 0.5) is 11.4 Å². The summed E-state index contributed by atoms with van der Waals surface area (Å²) in [5, 5.41) is 5.85. The number of hydrogen-bond acceptors (Lipinski definition) is 8. The first-order valence-electron chi connectivity index (χ1n) is 10.7. The van der Waals surface area contributed by atoms with Crippen LogP contribution in [0.3, 0.4) is 0 Å². The highest BCUT2D eigenvalue weighted by molar-refractivity contribution is 5.84. The highest BCUT2D eigenvalue weighted by Crippen LogP contribution is 2.38. The second-order valence-corrected chi connectivity index (χ2v) is 7.49. The molecule has 0 aliphatic heterocycles. The van der Waals surface area contributed by atoms with Gasteiger partial charge in [0, 0.05) is 13.0 Å². The Kier molecular flexibility index (Phi) is 7.71. The zero-order valence-electron chi connectivity index (χ0n) is 19.2. The molecule has 174 valence electrons. The van der Waals surface area contributed by atoms with Gasteiger partial charge in [-0.05, 0) is 29.7 Å². The molecule has 0 aromatic heterocycles. The number of methoxy groups -OCH3 is 3. The van der Waals surface area contributed by atoms with Crippen molar-refractivity contribution in [2.75, 3.05) is 38.5 Å². The molecule has 8 heteroatoms. The van der Waals surface area contributed by atoms with E-state index in [9.17, 15) is 14.4 Å². The first-order chi connectivity index (χ1) is 15.9. The third-order valence-electron chi connectivity index (χ3n) is 5.38. The molecule has 0 spiro atoms. The number of rotatable bonds is 11. The Morgan fingerprint density at radius 3 is 2.06 bits per heavy atom. The van der Waals surface area contributed by atoms with Gasteiger partial charge in [-0.15, -0.1) is 0 Å². The number of carbonyl (C=O) groups is 1. The van der Waals surface area contributed by atoms with E-state index < -0.39 is 22.9 Å². The summed E-state index contributed by atoms with van der Waals surface area (Å²) < 4.78 is 15.9. The molecule has 0 bridgehead atoms. The zero-order chi connectivity index (χ0) is 24.0. The van der Waals surface area contributed by atoms with Crippen LogP contribution in [0.15, 0.2) is 52.1 Å². The van der Waals surface area contributed by atoms with Crippen molar-refractivity contribution in [3.05, 3.63) is 68.5 Å². The van der Waals surface area contributed by atoms with Gasteiger partial charge in [0.15, 0.2) is 0 Å². The first kappa shape index (κ1) is 23.8. The Morgan fingerprint density at radius 2 is 1.52 bits per heavy atom. The fraction of sp³-hybridized carbons (Fsp3) is 0.320. The maximum absolute atomic E-state index is 12.4. The molecule has 1 unspecified atom stereocenters. The minimum absolute atomic E-state index is 0.124. The maximum Gasteiger partial charge on any atom is 0.328 e. The number of hydrogen-bond donors (Lipinski definition) is 2. The van der Waals surface area contributed by atoms with Crippen molar-refractivity contribution < 1.29 is 19.0 Å². The minimum Gasteiger partial charge on any atom is -0.496 e. The SMILES string of the molecule is CCCNc1c(NC(Cc2ccc(-c3c(OC)cccc3OC)cc2)C(=O)OC)c(=O)c1=O. The molecule has 8 nitrogen and oxygen atoms in total. The standard InChI is InChI=1S/C25H28N2O6/c1-5-13-26-21-22(24(29)23(21)28)27-17(25(30)33-4)14-15-9-11-16(12-10-15)20-18(31-2)7-6-8-19(20)32-3/h6-12,17,26-27H,5,13-14H2,1-4H3. The summed E-state index contributed by atoms with van der Waals surface area (Å²) in [6.07, 6.45) is 1.06. The summed E-state index contributed by atoms with van der Waals surface area (Å²) in [6, 6.07) is 12.3. The number of benzene rings is 2. The Hall–Kier alpha value is -3.81. The molecule has 3 rings (SSSR count). The summed E-state index contributed by atoms with van der Waals surface area (Å²) in [5.41, 5.74) is 1.69. The van der Waals surface area contributed by atoms with Crippen molar-refractivity contribution in [3.8, 4) is 22.6 Å². The lowest BCUT2D eigenvalue weighted by Gasteiger charge is -2.21. The second-order valence-electron chi connectivity index (χ2n) is 7.49. The van der Waals surface area contributed by atoms with Crippen molar-refractivity contribution in [1.82, 2.24) is 0 Å². The van der Waals surface area contributed by atoms with Gasteiger partial charge >= 0.3 is 5.97 Å². The lowest BCUT2D eigenvalue weighted by molar-refractivity contribution is -0.141. The van der Waals surface area contributed by atoms with Crippen LogP contribution in [0.25, 0.3) is 11.1 Å². The van der Waals surface area contributed by atoms with Crippen LogP contribution in [0.2, 0.25) is 0 Å². The summed E-state index contributed by atoms with van der Waals surface area (Å²) in [4.78, 5) is 36.4. The number of ether oxygens (including phenoxy) is 3. The molecule has 3 aromatic rings. The first-order valence-corrected chi connectivity index (χ1v) is 10.7. The van der Waals surface area contributed by atoms with Crippen LogP contribution in [0.5, 0.6) is 11.5 Å². The average Bonchev–Trinajstić information content (AvgIpc) is 2.86. The van der Waals surface area contributed by atoms with Crippen molar-refractivity contribution in [3.63, 3.8) is 0 Å². The van der Waals surface area contributed by atoms with Crippen molar-refractivity contribution in [2.24, 2.45) is 0 Å². The van der Waals surface area contributed by atoms with Crippen molar-refractivity contribution in [1.29, 1.82) is 0 Å². The number of esters is 1. The van der Waals surface area contributed by atoms with E-state index in [1.165, 1.54) is 7.11 Å².